The minimum Gasteiger partial charge on any atom is -0.450 e. The van der Waals surface area contributed by atoms with Crippen LogP contribution in [0.2, 0.25) is 0 Å². The summed E-state index contributed by atoms with van der Waals surface area (Å²) in [6, 6.07) is 8.56. The number of alkyl carbamates (subject to hydrolysis) is 1. The van der Waals surface area contributed by atoms with Crippen LogP contribution in [0, 0.1) is 30.1 Å². The van der Waals surface area contributed by atoms with Crippen LogP contribution in [0.15, 0.2) is 30.5 Å². The van der Waals surface area contributed by atoms with Crippen LogP contribution in [0.4, 0.5) is 22.2 Å². The molecule has 202 valence electrons. The van der Waals surface area contributed by atoms with E-state index in [-0.39, 0.29) is 5.41 Å². The summed E-state index contributed by atoms with van der Waals surface area (Å²) < 4.78 is 4.93. The molecule has 9 nitrogen and oxygen atoms in total. The van der Waals surface area contributed by atoms with E-state index in [2.05, 4.69) is 26.3 Å². The lowest BCUT2D eigenvalue weighted by Gasteiger charge is -2.59. The number of aromatic nitrogens is 2. The third-order valence-electron chi connectivity index (χ3n) is 8.84. The topological polar surface area (TPSA) is 117 Å². The van der Waals surface area contributed by atoms with Gasteiger partial charge in [-0.1, -0.05) is 12.1 Å². The van der Waals surface area contributed by atoms with Crippen LogP contribution in [0.3, 0.4) is 0 Å². The molecule has 5 saturated carbocycles. The lowest BCUT2D eigenvalue weighted by molar-refractivity contribution is -0.147. The smallest absolute Gasteiger partial charge is 0.407 e. The Morgan fingerprint density at radius 1 is 1.13 bits per heavy atom. The predicted molar refractivity (Wildman–Crippen MR) is 145 cm³/mol. The molecule has 5 aliphatic carbocycles. The van der Waals surface area contributed by atoms with Crippen LogP contribution >= 0.6 is 0 Å². The Balaban J connectivity index is 1.12. The SMILES string of the molecule is CCOC(=O)NCc1cccc(Nc2ncc(C)c(NC3C4CC5CC3CC(C(=O)NC3CC3)(C5)C4)n2)c1. The number of benzene rings is 1. The molecular weight excluding hydrogens is 480 g/mol. The zero-order valence-electron chi connectivity index (χ0n) is 22.3. The molecule has 5 fully saturated rings. The Hall–Kier alpha value is -3.36. The first-order chi connectivity index (χ1) is 18.4. The maximum absolute atomic E-state index is 13.2. The molecule has 1 aromatic carbocycles. The zero-order valence-corrected chi connectivity index (χ0v) is 22.3. The van der Waals surface area contributed by atoms with Crippen LogP contribution in [-0.2, 0) is 16.1 Å². The molecule has 2 unspecified atom stereocenters. The van der Waals surface area contributed by atoms with Crippen molar-refractivity contribution in [1.29, 1.82) is 0 Å². The second kappa shape index (κ2) is 10.1. The van der Waals surface area contributed by atoms with Gasteiger partial charge >= 0.3 is 6.09 Å². The molecule has 4 bridgehead atoms. The van der Waals surface area contributed by atoms with E-state index in [1.54, 1.807) is 6.92 Å². The van der Waals surface area contributed by atoms with Crippen molar-refractivity contribution in [3.63, 3.8) is 0 Å². The molecule has 4 N–H and O–H groups in total. The first-order valence-electron chi connectivity index (χ1n) is 14.1. The molecule has 7 rings (SSSR count). The Bertz CT molecular complexity index is 1200. The number of aryl methyl sites for hydroxylation is 1. The Morgan fingerprint density at radius 3 is 2.66 bits per heavy atom. The van der Waals surface area contributed by atoms with Gasteiger partial charge in [-0.2, -0.15) is 4.98 Å². The number of hydrogen-bond donors (Lipinski definition) is 4. The lowest BCUT2D eigenvalue weighted by atomic mass is 9.47. The first-order valence-corrected chi connectivity index (χ1v) is 14.1. The van der Waals surface area contributed by atoms with Gasteiger partial charge in [-0.15, -0.1) is 0 Å². The molecule has 2 atom stereocenters. The van der Waals surface area contributed by atoms with E-state index in [0.29, 0.717) is 54.8 Å². The molecule has 2 aromatic rings. The number of amides is 2. The number of rotatable bonds is 9. The van der Waals surface area contributed by atoms with Crippen molar-refractivity contribution >= 4 is 29.5 Å². The minimum atomic E-state index is -0.428. The van der Waals surface area contributed by atoms with E-state index in [4.69, 9.17) is 9.72 Å². The Morgan fingerprint density at radius 2 is 1.92 bits per heavy atom. The fourth-order valence-electron chi connectivity index (χ4n) is 7.15. The summed E-state index contributed by atoms with van der Waals surface area (Å²) in [7, 11) is 0. The number of carbonyl (C=O) groups is 2. The average molecular weight is 519 g/mol. The zero-order chi connectivity index (χ0) is 26.3. The number of hydrogen-bond acceptors (Lipinski definition) is 7. The van der Waals surface area contributed by atoms with E-state index in [1.165, 1.54) is 12.8 Å². The summed E-state index contributed by atoms with van der Waals surface area (Å²) in [5.41, 5.74) is 2.65. The monoisotopic (exact) mass is 518 g/mol. The molecule has 9 heteroatoms. The highest BCUT2D eigenvalue weighted by Gasteiger charge is 2.58. The van der Waals surface area contributed by atoms with Gasteiger partial charge in [0.25, 0.3) is 0 Å². The maximum atomic E-state index is 13.2. The highest BCUT2D eigenvalue weighted by atomic mass is 16.5. The molecule has 5 aliphatic rings. The van der Waals surface area contributed by atoms with Gasteiger partial charge in [0.1, 0.15) is 5.82 Å². The van der Waals surface area contributed by atoms with Crippen molar-refractivity contribution in [3.8, 4) is 0 Å². The maximum Gasteiger partial charge on any atom is 0.407 e. The molecule has 0 radical (unpaired) electrons. The molecular formula is C29H38N6O3. The van der Waals surface area contributed by atoms with Crippen molar-refractivity contribution in [1.82, 2.24) is 20.6 Å². The summed E-state index contributed by atoms with van der Waals surface area (Å²) in [4.78, 5) is 34.2. The third-order valence-corrected chi connectivity index (χ3v) is 8.84. The molecule has 38 heavy (non-hydrogen) atoms. The van der Waals surface area contributed by atoms with Gasteiger partial charge in [-0.3, -0.25) is 4.79 Å². The molecule has 0 aliphatic heterocycles. The van der Waals surface area contributed by atoms with Crippen LogP contribution < -0.4 is 21.3 Å². The summed E-state index contributed by atoms with van der Waals surface area (Å²) in [6.45, 7) is 4.53. The van der Waals surface area contributed by atoms with Crippen LogP contribution in [0.25, 0.3) is 0 Å². The van der Waals surface area contributed by atoms with Gasteiger partial charge in [-0.25, -0.2) is 9.78 Å². The molecule has 0 saturated heterocycles. The number of ether oxygens (including phenoxy) is 1. The van der Waals surface area contributed by atoms with Gasteiger partial charge in [0.05, 0.1) is 12.0 Å². The van der Waals surface area contributed by atoms with Gasteiger partial charge in [-0.05, 0) is 94.2 Å². The van der Waals surface area contributed by atoms with E-state index >= 15 is 0 Å². The van der Waals surface area contributed by atoms with Crippen molar-refractivity contribution in [2.45, 2.75) is 77.4 Å². The molecule has 2 amide bonds. The summed E-state index contributed by atoms with van der Waals surface area (Å²) in [5.74, 6) is 3.38. The van der Waals surface area contributed by atoms with Gasteiger partial charge in [0.2, 0.25) is 11.9 Å². The number of nitrogens with zero attached hydrogens (tertiary/aromatic N) is 2. The molecule has 1 aromatic heterocycles. The lowest BCUT2D eigenvalue weighted by Crippen LogP contribution is -2.60. The summed E-state index contributed by atoms with van der Waals surface area (Å²) in [5, 5.41) is 13.2. The fourth-order valence-corrected chi connectivity index (χ4v) is 7.15. The van der Waals surface area contributed by atoms with Gasteiger partial charge < -0.3 is 26.0 Å². The van der Waals surface area contributed by atoms with Crippen molar-refractivity contribution in [3.05, 3.63) is 41.6 Å². The van der Waals surface area contributed by atoms with E-state index in [1.807, 2.05) is 37.4 Å². The quantitative estimate of drug-likeness (QED) is 0.381. The first kappa shape index (κ1) is 24.9. The van der Waals surface area contributed by atoms with Gasteiger partial charge in [0, 0.05) is 36.1 Å². The number of carbonyl (C=O) groups excluding carboxylic acids is 2. The Labute approximate surface area is 223 Å². The van der Waals surface area contributed by atoms with Crippen molar-refractivity contribution < 1.29 is 14.3 Å². The highest BCUT2D eigenvalue weighted by Crippen LogP contribution is 2.60. The highest BCUT2D eigenvalue weighted by molar-refractivity contribution is 5.84. The van der Waals surface area contributed by atoms with Crippen LogP contribution in [0.1, 0.15) is 63.0 Å². The van der Waals surface area contributed by atoms with E-state index in [0.717, 1.165) is 54.7 Å². The number of nitrogens with one attached hydrogen (secondary N) is 4. The van der Waals surface area contributed by atoms with E-state index < -0.39 is 6.09 Å². The molecule has 1 heterocycles. The Kier molecular flexibility index (Phi) is 6.61. The van der Waals surface area contributed by atoms with Crippen LogP contribution in [-0.4, -0.2) is 40.7 Å². The summed E-state index contributed by atoms with van der Waals surface area (Å²) >= 11 is 0. The standard InChI is InChI=1S/C29H38N6O3/c1-3-38-28(37)31-16-18-5-4-6-23(11-18)33-27-30-15-17(2)25(35-27)34-24-20-9-19-10-21(24)14-29(12-19,13-20)26(36)32-22-7-8-22/h4-6,11,15,19-22,24H,3,7-10,12-14,16H2,1-2H3,(H,31,37)(H,32,36)(H2,30,33,34,35). The van der Waals surface area contributed by atoms with Crippen molar-refractivity contribution in [2.75, 3.05) is 17.2 Å². The van der Waals surface area contributed by atoms with Crippen molar-refractivity contribution in [2.24, 2.45) is 23.2 Å². The average Bonchev–Trinajstić information content (AvgIpc) is 3.71. The van der Waals surface area contributed by atoms with Crippen LogP contribution in [0.5, 0.6) is 0 Å². The van der Waals surface area contributed by atoms with E-state index in [9.17, 15) is 9.59 Å². The molecule has 0 spiro atoms. The fraction of sp³-hybridized carbons (Fsp3) is 0.586. The number of anilines is 3. The summed E-state index contributed by atoms with van der Waals surface area (Å²) in [6.07, 6.45) is 9.15. The second-order valence-electron chi connectivity index (χ2n) is 11.8. The van der Waals surface area contributed by atoms with Gasteiger partial charge in [0.15, 0.2) is 0 Å². The minimum absolute atomic E-state index is 0.155. The third kappa shape index (κ3) is 5.15. The predicted octanol–water partition coefficient (Wildman–Crippen LogP) is 4.66. The largest absolute Gasteiger partial charge is 0.450 e. The normalized spacial score (nSPS) is 29.0. The second-order valence-corrected chi connectivity index (χ2v) is 11.8.